The molecular formula is C19H32N2O. The molecule has 0 aliphatic heterocycles. The van der Waals surface area contributed by atoms with Crippen molar-refractivity contribution in [3.8, 4) is 0 Å². The summed E-state index contributed by atoms with van der Waals surface area (Å²) in [5, 5.41) is 3.34. The van der Waals surface area contributed by atoms with Crippen LogP contribution in [0.15, 0.2) is 12.4 Å². The number of aryl methyl sites for hydroxylation is 2. The smallest absolute Gasteiger partial charge is 0.253 e. The molecule has 1 aromatic rings. The Labute approximate surface area is 135 Å². The molecule has 0 saturated heterocycles. The van der Waals surface area contributed by atoms with Gasteiger partial charge in [0.05, 0.1) is 5.56 Å². The number of rotatable bonds is 5. The number of aromatic nitrogens is 1. The van der Waals surface area contributed by atoms with Crippen molar-refractivity contribution in [2.24, 2.45) is 24.8 Å². The molecule has 3 unspecified atom stereocenters. The molecule has 0 aromatic carbocycles. The zero-order chi connectivity index (χ0) is 16.3. The molecule has 124 valence electrons. The third-order valence-electron chi connectivity index (χ3n) is 5.11. The zero-order valence-electron chi connectivity index (χ0n) is 14.9. The van der Waals surface area contributed by atoms with Gasteiger partial charge in [0, 0.05) is 25.5 Å². The molecule has 1 heterocycles. The molecule has 0 radical (unpaired) electrons. The Balaban J connectivity index is 2.05. The Morgan fingerprint density at radius 1 is 1.27 bits per heavy atom. The Hall–Kier alpha value is -1.25. The topological polar surface area (TPSA) is 34.0 Å². The maximum atomic E-state index is 12.6. The molecule has 22 heavy (non-hydrogen) atoms. The SMILES string of the molecule is Cc1cn(C)cc1C(=O)NC1CCCCC1C(C)CC(C)C. The van der Waals surface area contributed by atoms with E-state index < -0.39 is 0 Å². The number of carbonyl (C=O) groups excluding carboxylic acids is 1. The largest absolute Gasteiger partial charge is 0.356 e. The molecule has 1 amide bonds. The van der Waals surface area contributed by atoms with Crippen LogP contribution in [-0.2, 0) is 7.05 Å². The average molecular weight is 304 g/mol. The summed E-state index contributed by atoms with van der Waals surface area (Å²) >= 11 is 0. The van der Waals surface area contributed by atoms with Gasteiger partial charge in [0.1, 0.15) is 0 Å². The first-order valence-electron chi connectivity index (χ1n) is 8.82. The Kier molecular flexibility index (Phi) is 5.71. The molecule has 1 saturated carbocycles. The molecular weight excluding hydrogens is 272 g/mol. The molecule has 0 bridgehead atoms. The summed E-state index contributed by atoms with van der Waals surface area (Å²) in [5.74, 6) is 2.14. The van der Waals surface area contributed by atoms with Gasteiger partial charge >= 0.3 is 0 Å². The average Bonchev–Trinajstić information content (AvgIpc) is 2.77. The maximum absolute atomic E-state index is 12.6. The Bertz CT molecular complexity index is 504. The van der Waals surface area contributed by atoms with E-state index >= 15 is 0 Å². The van der Waals surface area contributed by atoms with E-state index in [0.717, 1.165) is 23.5 Å². The molecule has 3 atom stereocenters. The highest BCUT2D eigenvalue weighted by atomic mass is 16.1. The van der Waals surface area contributed by atoms with Gasteiger partial charge < -0.3 is 9.88 Å². The van der Waals surface area contributed by atoms with Gasteiger partial charge in [0.15, 0.2) is 0 Å². The summed E-state index contributed by atoms with van der Waals surface area (Å²) < 4.78 is 1.96. The number of hydrogen-bond donors (Lipinski definition) is 1. The normalized spacial score (nSPS) is 23.5. The van der Waals surface area contributed by atoms with Crippen LogP contribution in [0, 0.1) is 24.7 Å². The van der Waals surface area contributed by atoms with Gasteiger partial charge in [-0.15, -0.1) is 0 Å². The number of hydrogen-bond acceptors (Lipinski definition) is 1. The number of nitrogens with one attached hydrogen (secondary N) is 1. The van der Waals surface area contributed by atoms with Crippen LogP contribution in [0.25, 0.3) is 0 Å². The second-order valence-corrected chi connectivity index (χ2v) is 7.66. The lowest BCUT2D eigenvalue weighted by molar-refractivity contribution is 0.0877. The zero-order valence-corrected chi connectivity index (χ0v) is 14.9. The molecule has 3 heteroatoms. The predicted molar refractivity (Wildman–Crippen MR) is 92.0 cm³/mol. The van der Waals surface area contributed by atoms with E-state index in [1.54, 1.807) is 0 Å². The van der Waals surface area contributed by atoms with Gasteiger partial charge in [0.25, 0.3) is 5.91 Å². The fourth-order valence-corrected chi connectivity index (χ4v) is 4.14. The van der Waals surface area contributed by atoms with E-state index in [-0.39, 0.29) is 5.91 Å². The van der Waals surface area contributed by atoms with Gasteiger partial charge in [-0.3, -0.25) is 4.79 Å². The second-order valence-electron chi connectivity index (χ2n) is 7.66. The van der Waals surface area contributed by atoms with Crippen molar-refractivity contribution >= 4 is 5.91 Å². The lowest BCUT2D eigenvalue weighted by Gasteiger charge is -2.37. The van der Waals surface area contributed by atoms with Crippen molar-refractivity contribution in [2.45, 2.75) is 65.8 Å². The highest BCUT2D eigenvalue weighted by Gasteiger charge is 2.31. The first-order valence-corrected chi connectivity index (χ1v) is 8.82. The quantitative estimate of drug-likeness (QED) is 0.864. The van der Waals surface area contributed by atoms with Crippen LogP contribution in [0.2, 0.25) is 0 Å². The van der Waals surface area contributed by atoms with Gasteiger partial charge in [-0.25, -0.2) is 0 Å². The maximum Gasteiger partial charge on any atom is 0.253 e. The fraction of sp³-hybridized carbons (Fsp3) is 0.737. The number of amides is 1. The first-order chi connectivity index (χ1) is 10.4. The first kappa shape index (κ1) is 17.1. The highest BCUT2D eigenvalue weighted by molar-refractivity contribution is 5.95. The molecule has 1 fully saturated rings. The van der Waals surface area contributed by atoms with Crippen LogP contribution >= 0.6 is 0 Å². The van der Waals surface area contributed by atoms with Crippen LogP contribution in [0.5, 0.6) is 0 Å². The summed E-state index contributed by atoms with van der Waals surface area (Å²) in [6, 6.07) is 0.342. The van der Waals surface area contributed by atoms with E-state index in [1.165, 1.54) is 25.7 Å². The predicted octanol–water partition coefficient (Wildman–Crippen LogP) is 4.30. The molecule has 2 rings (SSSR count). The van der Waals surface area contributed by atoms with Gasteiger partial charge in [-0.05, 0) is 49.5 Å². The van der Waals surface area contributed by atoms with Crippen molar-refractivity contribution in [1.82, 2.24) is 9.88 Å². The Morgan fingerprint density at radius 2 is 1.95 bits per heavy atom. The Morgan fingerprint density at radius 3 is 2.55 bits per heavy atom. The summed E-state index contributed by atoms with van der Waals surface area (Å²) in [6.07, 6.45) is 10.1. The number of nitrogens with zero attached hydrogens (tertiary/aromatic N) is 1. The third kappa shape index (κ3) is 4.15. The summed E-state index contributed by atoms with van der Waals surface area (Å²) in [5.41, 5.74) is 1.88. The third-order valence-corrected chi connectivity index (χ3v) is 5.11. The van der Waals surface area contributed by atoms with Gasteiger partial charge in [-0.1, -0.05) is 33.6 Å². The summed E-state index contributed by atoms with van der Waals surface area (Å²) in [6.45, 7) is 8.96. The van der Waals surface area contributed by atoms with Crippen LogP contribution in [-0.4, -0.2) is 16.5 Å². The van der Waals surface area contributed by atoms with E-state index in [4.69, 9.17) is 0 Å². The summed E-state index contributed by atoms with van der Waals surface area (Å²) in [4.78, 5) is 12.6. The second kappa shape index (κ2) is 7.34. The van der Waals surface area contributed by atoms with Crippen LogP contribution in [0.1, 0.15) is 68.8 Å². The molecule has 0 spiro atoms. The van der Waals surface area contributed by atoms with Crippen LogP contribution in [0.4, 0.5) is 0 Å². The molecule has 1 aliphatic rings. The minimum atomic E-state index is 0.103. The van der Waals surface area contributed by atoms with E-state index in [2.05, 4.69) is 26.1 Å². The monoisotopic (exact) mass is 304 g/mol. The molecule has 1 aliphatic carbocycles. The van der Waals surface area contributed by atoms with Crippen molar-refractivity contribution < 1.29 is 4.79 Å². The van der Waals surface area contributed by atoms with E-state index in [0.29, 0.717) is 17.9 Å². The minimum Gasteiger partial charge on any atom is -0.356 e. The highest BCUT2D eigenvalue weighted by Crippen LogP contribution is 2.33. The van der Waals surface area contributed by atoms with Crippen LogP contribution in [0.3, 0.4) is 0 Å². The molecule has 1 aromatic heterocycles. The number of carbonyl (C=O) groups is 1. The lowest BCUT2D eigenvalue weighted by Crippen LogP contribution is -2.44. The van der Waals surface area contributed by atoms with Crippen molar-refractivity contribution in [3.63, 3.8) is 0 Å². The minimum absolute atomic E-state index is 0.103. The van der Waals surface area contributed by atoms with Crippen LogP contribution < -0.4 is 5.32 Å². The van der Waals surface area contributed by atoms with Gasteiger partial charge in [-0.2, -0.15) is 0 Å². The van der Waals surface area contributed by atoms with Crippen molar-refractivity contribution in [3.05, 3.63) is 23.5 Å². The van der Waals surface area contributed by atoms with E-state index in [9.17, 15) is 4.79 Å². The standard InChI is InChI=1S/C19H32N2O/c1-13(2)10-14(3)16-8-6-7-9-18(16)20-19(22)17-12-21(5)11-15(17)4/h11-14,16,18H,6-10H2,1-5H3,(H,20,22). The van der Waals surface area contributed by atoms with Crippen molar-refractivity contribution in [1.29, 1.82) is 0 Å². The van der Waals surface area contributed by atoms with Gasteiger partial charge in [0.2, 0.25) is 0 Å². The summed E-state index contributed by atoms with van der Waals surface area (Å²) in [7, 11) is 1.97. The van der Waals surface area contributed by atoms with E-state index in [1.807, 2.05) is 30.9 Å². The van der Waals surface area contributed by atoms with Crippen molar-refractivity contribution in [2.75, 3.05) is 0 Å². The molecule has 3 nitrogen and oxygen atoms in total. The fourth-order valence-electron chi connectivity index (χ4n) is 4.14. The molecule has 1 N–H and O–H groups in total. The lowest BCUT2D eigenvalue weighted by atomic mass is 9.74.